The molecule has 0 aromatic carbocycles. The Morgan fingerprint density at radius 3 is 1.10 bits per heavy atom. The average molecular weight is 1000 g/mol. The van der Waals surface area contributed by atoms with E-state index in [0.29, 0.717) is 32.1 Å². The number of carbonyl (C=O) groups is 4. The second-order valence-corrected chi connectivity index (χ2v) is 21.5. The molecule has 8 saturated carbocycles. The molecule has 0 aromatic heterocycles. The topological polar surface area (TPSA) is 105 Å². The van der Waals surface area contributed by atoms with Gasteiger partial charge < -0.3 is 18.9 Å². The van der Waals surface area contributed by atoms with Crippen molar-refractivity contribution >= 4 is 23.9 Å². The van der Waals surface area contributed by atoms with Crippen LogP contribution in [0, 0.1) is 51.2 Å². The fraction of sp³-hybridized carbons (Fsp3) is 0.922. The Kier molecular flexibility index (Phi) is 24.6. The molecular formula is C51H91F9O8. The van der Waals surface area contributed by atoms with E-state index < -0.39 is 70.5 Å². The highest BCUT2D eigenvalue weighted by molar-refractivity contribution is 5.79. The van der Waals surface area contributed by atoms with Crippen LogP contribution in [0.15, 0.2) is 0 Å². The number of alkyl halides is 9. The summed E-state index contributed by atoms with van der Waals surface area (Å²) >= 11 is 0. The third kappa shape index (κ3) is 16.1. The number of carbonyl (C=O) groups excluding carboxylic acids is 4. The van der Waals surface area contributed by atoms with E-state index in [-0.39, 0.29) is 92.6 Å². The maximum Gasteiger partial charge on any atom is 0.434 e. The quantitative estimate of drug-likeness (QED) is 0.114. The molecule has 406 valence electrons. The van der Waals surface area contributed by atoms with Crippen molar-refractivity contribution < 1.29 is 77.6 Å². The summed E-state index contributed by atoms with van der Waals surface area (Å²) in [6.45, 7) is 17.0. The number of hydrogen-bond acceptors (Lipinski definition) is 8. The zero-order chi connectivity index (χ0) is 47.3. The molecule has 8 fully saturated rings. The van der Waals surface area contributed by atoms with Crippen LogP contribution in [0.25, 0.3) is 0 Å². The number of rotatable bonds is 11. The predicted molar refractivity (Wildman–Crippen MR) is 249 cm³/mol. The van der Waals surface area contributed by atoms with Crippen LogP contribution < -0.4 is 0 Å². The Morgan fingerprint density at radius 2 is 0.779 bits per heavy atom. The molecule has 3 unspecified atom stereocenters. The number of ether oxygens (including phenoxy) is 4. The molecule has 8 bridgehead atoms. The summed E-state index contributed by atoms with van der Waals surface area (Å²) < 4.78 is 134. The van der Waals surface area contributed by atoms with Crippen molar-refractivity contribution in [3.63, 3.8) is 0 Å². The first-order chi connectivity index (χ1) is 28.1. The predicted octanol–water partition coefficient (Wildman–Crippen LogP) is 16.0. The maximum atomic E-state index is 12.9. The second-order valence-electron chi connectivity index (χ2n) is 21.5. The van der Waals surface area contributed by atoms with Crippen molar-refractivity contribution in [2.24, 2.45) is 51.2 Å². The molecule has 17 heteroatoms. The van der Waals surface area contributed by atoms with Gasteiger partial charge in [0.2, 0.25) is 0 Å². The molecule has 8 aliphatic rings. The smallest absolute Gasteiger partial charge is 0.434 e. The van der Waals surface area contributed by atoms with Crippen molar-refractivity contribution in [1.82, 2.24) is 0 Å². The van der Waals surface area contributed by atoms with E-state index in [9.17, 15) is 58.7 Å². The largest absolute Gasteiger partial charge is 0.459 e. The zero-order valence-electron chi connectivity index (χ0n) is 37.8. The average Bonchev–Trinajstić information content (AvgIpc) is 3.11. The van der Waals surface area contributed by atoms with Gasteiger partial charge in [0.05, 0.1) is 21.7 Å². The van der Waals surface area contributed by atoms with Crippen molar-refractivity contribution in [2.45, 2.75) is 252 Å². The molecule has 8 nitrogen and oxygen atoms in total. The molecule has 3 atom stereocenters. The summed E-state index contributed by atoms with van der Waals surface area (Å²) in [6.07, 6.45) is -10.9. The first-order valence-corrected chi connectivity index (χ1v) is 22.1. The molecule has 0 amide bonds. The van der Waals surface area contributed by atoms with E-state index in [0.717, 1.165) is 50.4 Å². The standard InChI is InChI=1S/C20H26F6O4.C16H26O2.C9H15F3O2.6CH4/c1-4-16(2,3)14(27)30-18-8-11-5-12(9-18)7-17(6-11,10-18)15(28)29-13(19(21,22)23)20(24,25)26;1-4-15(2,3)14(17)18-16-8-11-5-12(9-16)7-13(6-11)10-16;1-5-8(3,4)7(13)14-6(2)9(10,11)12;;;;;;/h11-13H,4-10H2,1-3H3;11-13H,4-10H2,1-3H3;6H,5H2,1-4H3;6*1H4. The third-order valence-electron chi connectivity index (χ3n) is 14.9. The van der Waals surface area contributed by atoms with Crippen LogP contribution in [-0.4, -0.2) is 65.8 Å². The highest BCUT2D eigenvalue weighted by Crippen LogP contribution is 2.64. The van der Waals surface area contributed by atoms with Gasteiger partial charge in [0, 0.05) is 6.42 Å². The highest BCUT2D eigenvalue weighted by Gasteiger charge is 2.66. The van der Waals surface area contributed by atoms with Crippen LogP contribution in [0.3, 0.4) is 0 Å². The lowest BCUT2D eigenvalue weighted by atomic mass is 9.48. The number of esters is 4. The summed E-state index contributed by atoms with van der Waals surface area (Å²) in [5.41, 5.74) is -4.57. The molecule has 0 spiro atoms. The molecule has 68 heavy (non-hydrogen) atoms. The lowest BCUT2D eigenvalue weighted by Crippen LogP contribution is -2.61. The second kappa shape index (κ2) is 24.1. The molecule has 0 heterocycles. The van der Waals surface area contributed by atoms with Crippen molar-refractivity contribution in [1.29, 1.82) is 0 Å². The van der Waals surface area contributed by atoms with Gasteiger partial charge in [-0.1, -0.05) is 65.3 Å². The fourth-order valence-electron chi connectivity index (χ4n) is 10.7. The number of hydrogen-bond donors (Lipinski definition) is 0. The first-order valence-electron chi connectivity index (χ1n) is 22.1. The normalized spacial score (nSPS) is 29.1. The Labute approximate surface area is 404 Å². The van der Waals surface area contributed by atoms with Gasteiger partial charge >= 0.3 is 42.4 Å². The number of halogens is 9. The molecule has 0 aliphatic heterocycles. The van der Waals surface area contributed by atoms with Crippen LogP contribution in [0.4, 0.5) is 39.5 Å². The van der Waals surface area contributed by atoms with Gasteiger partial charge in [-0.25, -0.2) is 0 Å². The lowest BCUT2D eigenvalue weighted by Gasteiger charge is -2.60. The van der Waals surface area contributed by atoms with Gasteiger partial charge in [0.15, 0.2) is 6.10 Å². The van der Waals surface area contributed by atoms with Crippen molar-refractivity contribution in [3.8, 4) is 0 Å². The van der Waals surface area contributed by atoms with Gasteiger partial charge in [-0.15, -0.1) is 0 Å². The van der Waals surface area contributed by atoms with E-state index in [1.54, 1.807) is 34.6 Å². The first kappa shape index (κ1) is 69.5. The Bertz CT molecular complexity index is 1570. The molecular weight excluding hydrogens is 912 g/mol. The van der Waals surface area contributed by atoms with Crippen LogP contribution in [0.5, 0.6) is 0 Å². The molecule has 8 rings (SSSR count). The minimum absolute atomic E-state index is 0. The van der Waals surface area contributed by atoms with E-state index in [4.69, 9.17) is 9.47 Å². The molecule has 0 radical (unpaired) electrons. The molecule has 8 aliphatic carbocycles. The van der Waals surface area contributed by atoms with E-state index in [1.165, 1.54) is 19.3 Å². The van der Waals surface area contributed by atoms with Crippen LogP contribution in [0.2, 0.25) is 0 Å². The molecule has 0 saturated heterocycles. The monoisotopic (exact) mass is 1000 g/mol. The third-order valence-corrected chi connectivity index (χ3v) is 14.9. The van der Waals surface area contributed by atoms with E-state index >= 15 is 0 Å². The Balaban J connectivity index is -0.000000964. The van der Waals surface area contributed by atoms with Gasteiger partial charge in [-0.05, 0) is 168 Å². The molecule has 0 aromatic rings. The minimum Gasteiger partial charge on any atom is -0.459 e. The van der Waals surface area contributed by atoms with Gasteiger partial charge in [0.1, 0.15) is 11.2 Å². The lowest BCUT2D eigenvalue weighted by molar-refractivity contribution is -0.318. The van der Waals surface area contributed by atoms with Crippen molar-refractivity contribution in [2.75, 3.05) is 0 Å². The minimum atomic E-state index is -5.76. The van der Waals surface area contributed by atoms with Crippen LogP contribution >= 0.6 is 0 Å². The van der Waals surface area contributed by atoms with Gasteiger partial charge in [-0.3, -0.25) is 19.2 Å². The van der Waals surface area contributed by atoms with Crippen molar-refractivity contribution in [3.05, 3.63) is 0 Å². The summed E-state index contributed by atoms with van der Waals surface area (Å²) in [7, 11) is 0. The van der Waals surface area contributed by atoms with Crippen LogP contribution in [-0.2, 0) is 38.1 Å². The van der Waals surface area contributed by atoms with Gasteiger partial charge in [0.25, 0.3) is 6.10 Å². The van der Waals surface area contributed by atoms with E-state index in [2.05, 4.69) is 16.4 Å². The summed E-state index contributed by atoms with van der Waals surface area (Å²) in [4.78, 5) is 49.0. The summed E-state index contributed by atoms with van der Waals surface area (Å²) in [5.74, 6) is -0.434. The Morgan fingerprint density at radius 1 is 0.471 bits per heavy atom. The SMILES string of the molecule is C.C.C.C.C.C.CCC(C)(C)C(=O)OC(C)C(F)(F)F.CCC(C)(C)C(=O)OC12CC3CC(C1)CC(C(=O)OC(C(F)(F)F)C(F)(F)F)(C3)C2.CCC(C)(C)C(=O)OC12CC3CC(CC(C3)C1)C2. The molecule has 0 N–H and O–H groups in total. The van der Waals surface area contributed by atoms with Crippen LogP contribution in [0.1, 0.15) is 210 Å². The zero-order valence-corrected chi connectivity index (χ0v) is 37.8. The Hall–Kier alpha value is -2.75. The summed E-state index contributed by atoms with van der Waals surface area (Å²) in [6, 6.07) is 0. The van der Waals surface area contributed by atoms with E-state index in [1.807, 2.05) is 20.8 Å². The maximum absolute atomic E-state index is 12.9. The summed E-state index contributed by atoms with van der Waals surface area (Å²) in [5, 5.41) is 0. The fourth-order valence-corrected chi connectivity index (χ4v) is 10.7. The highest BCUT2D eigenvalue weighted by atomic mass is 19.4. The van der Waals surface area contributed by atoms with Gasteiger partial charge in [-0.2, -0.15) is 39.5 Å².